The number of ether oxygens (including phenoxy) is 1. The number of carbonyl (C=O) groups excluding carboxylic acids is 2. The highest BCUT2D eigenvalue weighted by Crippen LogP contribution is 2.38. The van der Waals surface area contributed by atoms with Crippen molar-refractivity contribution in [3.8, 4) is 0 Å². The van der Waals surface area contributed by atoms with Gasteiger partial charge in [0, 0.05) is 55.4 Å². The summed E-state index contributed by atoms with van der Waals surface area (Å²) in [6.07, 6.45) is -0.566. The fourth-order valence-electron chi connectivity index (χ4n) is 4.81. The molecule has 1 aromatic carbocycles. The number of aromatic nitrogens is 1. The van der Waals surface area contributed by atoms with E-state index in [1.807, 2.05) is 41.7 Å². The molecule has 7 nitrogen and oxygen atoms in total. The van der Waals surface area contributed by atoms with Crippen LogP contribution in [0.25, 0.3) is 10.9 Å². The van der Waals surface area contributed by atoms with Crippen LogP contribution in [-0.4, -0.2) is 67.1 Å². The van der Waals surface area contributed by atoms with Crippen molar-refractivity contribution in [1.29, 1.82) is 0 Å². The molecule has 1 N–H and O–H groups in total. The third-order valence-corrected chi connectivity index (χ3v) is 6.53. The van der Waals surface area contributed by atoms with Crippen LogP contribution in [0.1, 0.15) is 59.9 Å². The average molecular weight is 553 g/mol. The maximum absolute atomic E-state index is 13.2. The first-order valence-corrected chi connectivity index (χ1v) is 13.6. The van der Waals surface area contributed by atoms with E-state index in [2.05, 4.69) is 22.1 Å². The summed E-state index contributed by atoms with van der Waals surface area (Å²) in [7, 11) is 1.92. The topological polar surface area (TPSA) is 74.8 Å². The molecule has 3 atom stereocenters. The van der Waals surface area contributed by atoms with Crippen LogP contribution in [0, 0.1) is 11.8 Å². The van der Waals surface area contributed by atoms with Crippen molar-refractivity contribution in [3.63, 3.8) is 0 Å². The molecule has 2 aromatic rings. The van der Waals surface area contributed by atoms with Crippen LogP contribution in [0.2, 0.25) is 0 Å². The second-order valence-electron chi connectivity index (χ2n) is 10.9. The molecule has 0 bridgehead atoms. The molecule has 2 fully saturated rings. The van der Waals surface area contributed by atoms with Crippen LogP contribution in [0.3, 0.4) is 0 Å². The van der Waals surface area contributed by atoms with Gasteiger partial charge in [-0.1, -0.05) is 20.8 Å². The largest absolute Gasteiger partial charge is 0.444 e. The average Bonchev–Trinajstić information content (AvgIpc) is 3.37. The molecule has 3 unspecified atom stereocenters. The summed E-state index contributed by atoms with van der Waals surface area (Å²) < 4.78 is 44.8. The molecule has 218 valence electrons. The third-order valence-electron chi connectivity index (χ3n) is 6.53. The van der Waals surface area contributed by atoms with E-state index in [4.69, 9.17) is 4.74 Å². The Labute approximate surface area is 230 Å². The van der Waals surface area contributed by atoms with Crippen LogP contribution in [0.5, 0.6) is 0 Å². The van der Waals surface area contributed by atoms with Gasteiger partial charge < -0.3 is 24.6 Å². The molecular weight excluding hydrogens is 509 g/mol. The van der Waals surface area contributed by atoms with Crippen molar-refractivity contribution in [2.75, 3.05) is 38.1 Å². The predicted octanol–water partition coefficient (Wildman–Crippen LogP) is 6.16. The van der Waals surface area contributed by atoms with E-state index >= 15 is 0 Å². The number of likely N-dealkylation sites (tertiary alicyclic amines) is 1. The van der Waals surface area contributed by atoms with Crippen LogP contribution in [-0.2, 0) is 15.7 Å². The Bertz CT molecular complexity index is 1090. The Morgan fingerprint density at radius 1 is 1.13 bits per heavy atom. The number of fused-ring (bicyclic) bond motifs is 1. The van der Waals surface area contributed by atoms with Crippen LogP contribution >= 0.6 is 0 Å². The smallest absolute Gasteiger partial charge is 0.418 e. The van der Waals surface area contributed by atoms with Gasteiger partial charge in [0.25, 0.3) is 0 Å². The lowest BCUT2D eigenvalue weighted by atomic mass is 9.94. The Kier molecular flexibility index (Phi) is 11.6. The lowest BCUT2D eigenvalue weighted by Crippen LogP contribution is -2.47. The first kappa shape index (κ1) is 32.3. The van der Waals surface area contributed by atoms with Gasteiger partial charge in [-0.2, -0.15) is 13.2 Å². The number of aldehydes is 1. The molecule has 2 aliphatic heterocycles. The number of amides is 1. The van der Waals surface area contributed by atoms with Crippen molar-refractivity contribution in [1.82, 2.24) is 15.2 Å². The van der Waals surface area contributed by atoms with Gasteiger partial charge in [0.15, 0.2) is 0 Å². The van der Waals surface area contributed by atoms with E-state index in [9.17, 15) is 22.8 Å². The second kappa shape index (κ2) is 14.0. The predicted molar refractivity (Wildman–Crippen MR) is 149 cm³/mol. The Hall–Kier alpha value is -2.88. The number of hydrogen-bond donors (Lipinski definition) is 1. The van der Waals surface area contributed by atoms with Gasteiger partial charge >= 0.3 is 12.3 Å². The molecule has 1 amide bonds. The second-order valence-corrected chi connectivity index (χ2v) is 10.9. The molecule has 2 aliphatic rings. The zero-order chi connectivity index (χ0) is 29.4. The van der Waals surface area contributed by atoms with Gasteiger partial charge in [0.2, 0.25) is 0 Å². The molecule has 4 rings (SSSR count). The molecule has 2 saturated heterocycles. The maximum Gasteiger partial charge on any atom is 0.418 e. The minimum absolute atomic E-state index is 0.0116. The highest BCUT2D eigenvalue weighted by atomic mass is 19.4. The lowest BCUT2D eigenvalue weighted by Gasteiger charge is -2.38. The lowest BCUT2D eigenvalue weighted by molar-refractivity contribution is -0.136. The summed E-state index contributed by atoms with van der Waals surface area (Å²) in [6.45, 7) is 14.4. The Balaban J connectivity index is 0.000000287. The fourth-order valence-corrected chi connectivity index (χ4v) is 4.81. The molecule has 0 radical (unpaired) electrons. The van der Waals surface area contributed by atoms with E-state index in [0.29, 0.717) is 30.4 Å². The number of halogens is 3. The summed E-state index contributed by atoms with van der Waals surface area (Å²) in [5, 5.41) is 3.84. The Morgan fingerprint density at radius 2 is 1.82 bits per heavy atom. The van der Waals surface area contributed by atoms with E-state index in [0.717, 1.165) is 44.0 Å². The summed E-state index contributed by atoms with van der Waals surface area (Å²) in [6, 6.07) is 6.48. The number of likely N-dealkylation sites (N-methyl/N-ethyl adjacent to an activating group) is 1. The number of nitrogens with one attached hydrogen (secondary N) is 1. The minimum atomic E-state index is -4.40. The van der Waals surface area contributed by atoms with Crippen molar-refractivity contribution in [3.05, 3.63) is 36.0 Å². The number of alkyl halides is 3. The van der Waals surface area contributed by atoms with E-state index < -0.39 is 17.3 Å². The quantitative estimate of drug-likeness (QED) is 0.460. The zero-order valence-corrected chi connectivity index (χ0v) is 24.1. The number of carbonyl (C=O) groups is 2. The van der Waals surface area contributed by atoms with Gasteiger partial charge in [-0.25, -0.2) is 4.79 Å². The minimum Gasteiger partial charge on any atom is -0.444 e. The molecule has 0 spiro atoms. The number of anilines is 1. The van der Waals surface area contributed by atoms with Crippen molar-refractivity contribution in [2.24, 2.45) is 11.8 Å². The summed E-state index contributed by atoms with van der Waals surface area (Å²) >= 11 is 0. The van der Waals surface area contributed by atoms with Gasteiger partial charge in [-0.05, 0) is 70.8 Å². The third kappa shape index (κ3) is 9.08. The molecule has 0 aliphatic carbocycles. The van der Waals surface area contributed by atoms with Crippen molar-refractivity contribution in [2.45, 2.75) is 72.2 Å². The van der Waals surface area contributed by atoms with Crippen molar-refractivity contribution < 1.29 is 27.5 Å². The van der Waals surface area contributed by atoms with Gasteiger partial charge in [-0.15, -0.1) is 0 Å². The van der Waals surface area contributed by atoms with Gasteiger partial charge in [0.05, 0.1) is 11.1 Å². The van der Waals surface area contributed by atoms with Crippen LogP contribution in [0.4, 0.5) is 23.7 Å². The molecule has 39 heavy (non-hydrogen) atoms. The molecule has 10 heteroatoms. The normalized spacial score (nSPS) is 21.4. The highest BCUT2D eigenvalue weighted by molar-refractivity contribution is 5.94. The number of benzene rings is 1. The first-order valence-electron chi connectivity index (χ1n) is 13.6. The molecule has 0 saturated carbocycles. The summed E-state index contributed by atoms with van der Waals surface area (Å²) in [4.78, 5) is 29.7. The van der Waals surface area contributed by atoms with Crippen molar-refractivity contribution >= 4 is 29.0 Å². The highest BCUT2D eigenvalue weighted by Gasteiger charge is 2.34. The summed E-state index contributed by atoms with van der Waals surface area (Å²) in [5.41, 5.74) is -0.284. The number of piperidine rings is 1. The maximum atomic E-state index is 13.2. The molecule has 3 heterocycles. The van der Waals surface area contributed by atoms with E-state index in [1.165, 1.54) is 6.20 Å². The number of pyridine rings is 1. The monoisotopic (exact) mass is 552 g/mol. The van der Waals surface area contributed by atoms with E-state index in [-0.39, 0.29) is 17.5 Å². The Morgan fingerprint density at radius 3 is 2.38 bits per heavy atom. The zero-order valence-electron chi connectivity index (χ0n) is 24.1. The number of hydrogen-bond acceptors (Lipinski definition) is 6. The summed E-state index contributed by atoms with van der Waals surface area (Å²) in [5.74, 6) is 0.470. The number of nitrogens with zero attached hydrogens (tertiary/aromatic N) is 3. The van der Waals surface area contributed by atoms with Crippen LogP contribution < -0.4 is 10.2 Å². The fraction of sp³-hybridized carbons (Fsp3) is 0.621. The standard InChI is InChI=1S/C17H20F3N3.C10H17NO3.C2H6/c1-11-8-12(21-2)10-23(9-11)15-6-5-14(17(18,19)20)16-13(15)4-3-7-22-16;1-10(2,3)14-9(13)11-5-4-8(6-11)7-12;1-2/h3-7,11-12,21H,8-10H2,1-2H3;7-8H,4-6H2,1-3H3;1-2H3. The first-order chi connectivity index (χ1) is 18.3. The molecular formula is C29H43F3N4O3. The van der Waals surface area contributed by atoms with Gasteiger partial charge in [0.1, 0.15) is 11.9 Å². The van der Waals surface area contributed by atoms with Gasteiger partial charge in [-0.3, -0.25) is 4.98 Å². The van der Waals surface area contributed by atoms with Crippen LogP contribution in [0.15, 0.2) is 30.5 Å². The molecule has 1 aromatic heterocycles. The number of rotatable bonds is 3. The van der Waals surface area contributed by atoms with E-state index in [1.54, 1.807) is 23.1 Å². The SMILES string of the molecule is CC.CC(C)(C)OC(=O)N1CCC(C=O)C1.CNC1CC(C)CN(c2ccc(C(F)(F)F)c3ncccc23)C1.